The van der Waals surface area contributed by atoms with Crippen LogP contribution in [0.4, 0.5) is 0 Å². The molecule has 2 aromatic heterocycles. The zero-order chi connectivity index (χ0) is 12.3. The molecule has 0 aliphatic rings. The van der Waals surface area contributed by atoms with Gasteiger partial charge in [0.1, 0.15) is 12.1 Å². The Labute approximate surface area is 101 Å². The molecule has 0 aliphatic carbocycles. The number of nitrogens with two attached hydrogens (primary N) is 1. The summed E-state index contributed by atoms with van der Waals surface area (Å²) in [6.07, 6.45) is 2.93. The highest BCUT2D eigenvalue weighted by molar-refractivity contribution is 7.98. The predicted molar refractivity (Wildman–Crippen MR) is 60.9 cm³/mol. The number of nitrogen functional groups attached to an aromatic ring is 1. The van der Waals surface area contributed by atoms with Gasteiger partial charge in [-0.05, 0) is 6.07 Å². The van der Waals surface area contributed by atoms with Gasteiger partial charge in [-0.25, -0.2) is 15.5 Å². The van der Waals surface area contributed by atoms with Crippen molar-refractivity contribution in [2.75, 3.05) is 0 Å². The number of hydrazine groups is 1. The zero-order valence-corrected chi connectivity index (χ0v) is 9.90. The summed E-state index contributed by atoms with van der Waals surface area (Å²) in [4.78, 5) is 15.4. The maximum absolute atomic E-state index is 11.4. The molecule has 0 saturated heterocycles. The molecule has 17 heavy (non-hydrogen) atoms. The second kappa shape index (κ2) is 5.02. The van der Waals surface area contributed by atoms with Crippen LogP contribution in [0.1, 0.15) is 16.1 Å². The summed E-state index contributed by atoms with van der Waals surface area (Å²) >= 11 is 1.43. The van der Waals surface area contributed by atoms with Crippen LogP contribution in [0, 0.1) is 0 Å². The number of aryl methyl sites for hydroxylation is 1. The first-order valence-corrected chi connectivity index (χ1v) is 5.75. The largest absolute Gasteiger partial charge is 0.468 e. The highest BCUT2D eigenvalue weighted by Gasteiger charge is 2.14. The topological polar surface area (TPSA) is 99.0 Å². The highest BCUT2D eigenvalue weighted by atomic mass is 32.2. The fourth-order valence-electron chi connectivity index (χ4n) is 1.28. The molecule has 0 aromatic carbocycles. The Morgan fingerprint density at radius 1 is 1.71 bits per heavy atom. The quantitative estimate of drug-likeness (QED) is 0.352. The number of carbonyl (C=O) groups is 1. The Bertz CT molecular complexity index is 521. The molecule has 0 fully saturated rings. The van der Waals surface area contributed by atoms with Crippen molar-refractivity contribution in [3.05, 3.63) is 30.0 Å². The summed E-state index contributed by atoms with van der Waals surface area (Å²) in [6.45, 7) is 0. The maximum Gasteiger partial charge on any atom is 0.268 e. The van der Waals surface area contributed by atoms with Crippen LogP contribution in [0.5, 0.6) is 0 Å². The SMILES string of the molecule is Cn1ncnc1SCc1occc1C(=O)NN. The van der Waals surface area contributed by atoms with Crippen LogP contribution in [0.15, 0.2) is 28.2 Å². The van der Waals surface area contributed by atoms with Crippen molar-refractivity contribution in [2.45, 2.75) is 10.9 Å². The molecule has 0 radical (unpaired) electrons. The van der Waals surface area contributed by atoms with Gasteiger partial charge < -0.3 is 4.42 Å². The van der Waals surface area contributed by atoms with Crippen molar-refractivity contribution in [3.63, 3.8) is 0 Å². The van der Waals surface area contributed by atoms with Crippen LogP contribution >= 0.6 is 11.8 Å². The molecule has 7 nitrogen and oxygen atoms in total. The Morgan fingerprint density at radius 3 is 3.18 bits per heavy atom. The summed E-state index contributed by atoms with van der Waals surface area (Å²) < 4.78 is 6.88. The Morgan fingerprint density at radius 2 is 2.53 bits per heavy atom. The molecule has 2 heterocycles. The number of hydrogen-bond donors (Lipinski definition) is 2. The summed E-state index contributed by atoms with van der Waals surface area (Å²) in [5, 5.41) is 4.70. The first-order valence-electron chi connectivity index (χ1n) is 4.76. The minimum absolute atomic E-state index is 0.368. The number of aromatic nitrogens is 3. The third-order valence-electron chi connectivity index (χ3n) is 2.12. The van der Waals surface area contributed by atoms with Gasteiger partial charge in [0.2, 0.25) is 0 Å². The van der Waals surface area contributed by atoms with Gasteiger partial charge in [0.25, 0.3) is 5.91 Å². The van der Waals surface area contributed by atoms with E-state index in [1.807, 2.05) is 0 Å². The smallest absolute Gasteiger partial charge is 0.268 e. The van der Waals surface area contributed by atoms with Gasteiger partial charge in [0, 0.05) is 7.05 Å². The van der Waals surface area contributed by atoms with Gasteiger partial charge >= 0.3 is 0 Å². The molecular weight excluding hydrogens is 242 g/mol. The minimum atomic E-state index is -0.368. The van der Waals surface area contributed by atoms with E-state index >= 15 is 0 Å². The van der Waals surface area contributed by atoms with E-state index in [1.54, 1.807) is 17.8 Å². The van der Waals surface area contributed by atoms with Crippen LogP contribution < -0.4 is 11.3 Å². The van der Waals surface area contributed by atoms with E-state index < -0.39 is 0 Å². The van der Waals surface area contributed by atoms with E-state index in [0.717, 1.165) is 5.16 Å². The first kappa shape index (κ1) is 11.7. The average Bonchev–Trinajstić information content (AvgIpc) is 2.94. The number of nitrogens with zero attached hydrogens (tertiary/aromatic N) is 3. The number of amides is 1. The van der Waals surface area contributed by atoms with Gasteiger partial charge in [0.05, 0.1) is 17.6 Å². The van der Waals surface area contributed by atoms with Crippen molar-refractivity contribution < 1.29 is 9.21 Å². The molecule has 0 saturated carbocycles. The van der Waals surface area contributed by atoms with Crippen LogP contribution in [0.25, 0.3) is 0 Å². The van der Waals surface area contributed by atoms with Crippen LogP contribution in [-0.2, 0) is 12.8 Å². The summed E-state index contributed by atoms with van der Waals surface area (Å²) in [5.41, 5.74) is 2.50. The zero-order valence-electron chi connectivity index (χ0n) is 9.08. The fraction of sp³-hybridized carbons (Fsp3) is 0.222. The molecule has 0 unspecified atom stereocenters. The van der Waals surface area contributed by atoms with Gasteiger partial charge in [-0.1, -0.05) is 11.8 Å². The predicted octanol–water partition coefficient (Wildman–Crippen LogP) is 0.304. The van der Waals surface area contributed by atoms with Crippen molar-refractivity contribution >= 4 is 17.7 Å². The van der Waals surface area contributed by atoms with E-state index in [9.17, 15) is 4.79 Å². The van der Waals surface area contributed by atoms with Crippen molar-refractivity contribution in [3.8, 4) is 0 Å². The number of nitrogens with one attached hydrogen (secondary N) is 1. The van der Waals surface area contributed by atoms with Gasteiger partial charge in [-0.2, -0.15) is 5.10 Å². The Balaban J connectivity index is 2.07. The standard InChI is InChI=1S/C9H11N5O2S/c1-14-9(11-5-12-14)17-4-7-6(2-3-16-7)8(15)13-10/h2-3,5H,4,10H2,1H3,(H,13,15). The lowest BCUT2D eigenvalue weighted by Crippen LogP contribution is -2.30. The molecular formula is C9H11N5O2S. The molecule has 2 rings (SSSR count). The molecule has 3 N–H and O–H groups in total. The van der Waals surface area contributed by atoms with Gasteiger partial charge in [-0.15, -0.1) is 0 Å². The number of thioether (sulfide) groups is 1. The first-order chi connectivity index (χ1) is 8.22. The molecule has 0 atom stereocenters. The fourth-order valence-corrected chi connectivity index (χ4v) is 2.12. The molecule has 0 spiro atoms. The average molecular weight is 253 g/mol. The summed E-state index contributed by atoms with van der Waals surface area (Å²) in [5.74, 6) is 5.75. The normalized spacial score (nSPS) is 10.5. The molecule has 1 amide bonds. The van der Waals surface area contributed by atoms with Crippen LogP contribution in [-0.4, -0.2) is 20.7 Å². The number of hydrogen-bond acceptors (Lipinski definition) is 6. The van der Waals surface area contributed by atoms with Crippen molar-refractivity contribution in [1.29, 1.82) is 0 Å². The molecule has 8 heteroatoms. The summed E-state index contributed by atoms with van der Waals surface area (Å²) in [7, 11) is 1.80. The molecule has 0 bridgehead atoms. The lowest BCUT2D eigenvalue weighted by molar-refractivity contribution is 0.0952. The minimum Gasteiger partial charge on any atom is -0.468 e. The van der Waals surface area contributed by atoms with E-state index in [1.165, 1.54) is 24.4 Å². The molecule has 90 valence electrons. The van der Waals surface area contributed by atoms with Crippen LogP contribution in [0.2, 0.25) is 0 Å². The van der Waals surface area contributed by atoms with Gasteiger partial charge in [0.15, 0.2) is 5.16 Å². The molecule has 0 aliphatic heterocycles. The maximum atomic E-state index is 11.4. The monoisotopic (exact) mass is 253 g/mol. The second-order valence-corrected chi connectivity index (χ2v) is 4.13. The van der Waals surface area contributed by atoms with E-state index in [4.69, 9.17) is 10.3 Å². The van der Waals surface area contributed by atoms with E-state index in [0.29, 0.717) is 17.1 Å². The van der Waals surface area contributed by atoms with Crippen LogP contribution in [0.3, 0.4) is 0 Å². The number of furan rings is 1. The Hall–Kier alpha value is -1.80. The number of carbonyl (C=O) groups excluding carboxylic acids is 1. The molecule has 2 aromatic rings. The summed E-state index contributed by atoms with van der Waals surface area (Å²) in [6, 6.07) is 1.58. The second-order valence-electron chi connectivity index (χ2n) is 3.19. The number of rotatable bonds is 4. The van der Waals surface area contributed by atoms with E-state index in [2.05, 4.69) is 15.5 Å². The van der Waals surface area contributed by atoms with Gasteiger partial charge in [-0.3, -0.25) is 10.2 Å². The van der Waals surface area contributed by atoms with E-state index in [-0.39, 0.29) is 5.91 Å². The Kier molecular flexibility index (Phi) is 3.45. The third-order valence-corrected chi connectivity index (χ3v) is 3.16. The lowest BCUT2D eigenvalue weighted by atomic mass is 10.2. The van der Waals surface area contributed by atoms with Crippen molar-refractivity contribution in [2.24, 2.45) is 12.9 Å². The van der Waals surface area contributed by atoms with Crippen molar-refractivity contribution in [1.82, 2.24) is 20.2 Å². The highest BCUT2D eigenvalue weighted by Crippen LogP contribution is 2.22. The lowest BCUT2D eigenvalue weighted by Gasteiger charge is -2.01. The third kappa shape index (κ3) is 2.48.